The number of morpholine rings is 1. The van der Waals surface area contributed by atoms with Gasteiger partial charge in [-0.1, -0.05) is 30.3 Å². The molecule has 1 saturated heterocycles. The van der Waals surface area contributed by atoms with Gasteiger partial charge in [0.05, 0.1) is 32.9 Å². The van der Waals surface area contributed by atoms with Gasteiger partial charge in [-0.3, -0.25) is 4.79 Å². The van der Waals surface area contributed by atoms with Crippen molar-refractivity contribution in [3.05, 3.63) is 59.7 Å². The number of hydrogen-bond acceptors (Lipinski definition) is 4. The first-order valence-electron chi connectivity index (χ1n) is 7.90. The maximum atomic E-state index is 13.0. The minimum absolute atomic E-state index is 0.0741. The lowest BCUT2D eigenvalue weighted by molar-refractivity contribution is -0.0229. The van der Waals surface area contributed by atoms with Crippen molar-refractivity contribution in [1.29, 1.82) is 0 Å². The van der Waals surface area contributed by atoms with Crippen molar-refractivity contribution in [3.8, 4) is 11.5 Å². The van der Waals surface area contributed by atoms with Gasteiger partial charge in [-0.05, 0) is 23.8 Å². The Morgan fingerprint density at radius 2 is 1.92 bits per heavy atom. The Morgan fingerprint density at radius 3 is 2.62 bits per heavy atom. The molecule has 3 rings (SSSR count). The molecule has 0 aliphatic carbocycles. The third kappa shape index (κ3) is 3.36. The van der Waals surface area contributed by atoms with E-state index in [2.05, 4.69) is 0 Å². The van der Waals surface area contributed by atoms with E-state index in [0.717, 1.165) is 5.56 Å². The smallest absolute Gasteiger partial charge is 0.257 e. The van der Waals surface area contributed by atoms with Gasteiger partial charge < -0.3 is 19.1 Å². The van der Waals surface area contributed by atoms with Crippen LogP contribution < -0.4 is 9.47 Å². The quantitative estimate of drug-likeness (QED) is 0.866. The zero-order chi connectivity index (χ0) is 16.9. The van der Waals surface area contributed by atoms with Crippen LogP contribution in [0.3, 0.4) is 0 Å². The lowest BCUT2D eigenvalue weighted by Crippen LogP contribution is -2.42. The van der Waals surface area contributed by atoms with Crippen LogP contribution in [0.2, 0.25) is 0 Å². The molecule has 126 valence electrons. The van der Waals surface area contributed by atoms with E-state index < -0.39 is 0 Å². The second-order valence-electron chi connectivity index (χ2n) is 5.59. The van der Waals surface area contributed by atoms with Crippen molar-refractivity contribution in [2.75, 3.05) is 33.9 Å². The maximum Gasteiger partial charge on any atom is 0.257 e. The summed E-state index contributed by atoms with van der Waals surface area (Å²) in [4.78, 5) is 14.8. The number of amides is 1. The van der Waals surface area contributed by atoms with Crippen LogP contribution in [0.5, 0.6) is 11.5 Å². The summed E-state index contributed by atoms with van der Waals surface area (Å²) in [6.45, 7) is 1.59. The van der Waals surface area contributed by atoms with Crippen LogP contribution in [-0.2, 0) is 4.74 Å². The molecule has 1 aliphatic rings. The lowest BCUT2D eigenvalue weighted by atomic mass is 10.1. The highest BCUT2D eigenvalue weighted by Crippen LogP contribution is 2.28. The zero-order valence-electron chi connectivity index (χ0n) is 13.9. The monoisotopic (exact) mass is 327 g/mol. The minimum atomic E-state index is -0.111. The molecule has 0 saturated carbocycles. The molecule has 1 heterocycles. The molecule has 0 radical (unpaired) electrons. The molecular weight excluding hydrogens is 306 g/mol. The largest absolute Gasteiger partial charge is 0.497 e. The van der Waals surface area contributed by atoms with Crippen LogP contribution in [0.1, 0.15) is 22.0 Å². The summed E-state index contributed by atoms with van der Waals surface area (Å²) in [5.74, 6) is 1.10. The number of methoxy groups -OCH3 is 2. The Bertz CT molecular complexity index is 702. The van der Waals surface area contributed by atoms with E-state index in [1.54, 1.807) is 37.3 Å². The maximum absolute atomic E-state index is 13.0. The third-order valence-electron chi connectivity index (χ3n) is 4.16. The van der Waals surface area contributed by atoms with Crippen molar-refractivity contribution in [2.45, 2.75) is 6.10 Å². The standard InChI is InChI=1S/C19H21NO4/c1-22-15-8-9-17(23-2)16(12-15)19(21)20-10-11-24-18(13-20)14-6-4-3-5-7-14/h3-9,12,18H,10-11,13H2,1-2H3. The number of carbonyl (C=O) groups is 1. The van der Waals surface area contributed by atoms with E-state index >= 15 is 0 Å². The molecule has 1 fully saturated rings. The van der Waals surface area contributed by atoms with Crippen molar-refractivity contribution in [2.24, 2.45) is 0 Å². The van der Waals surface area contributed by atoms with Crippen molar-refractivity contribution in [3.63, 3.8) is 0 Å². The number of carbonyl (C=O) groups excluding carboxylic acids is 1. The van der Waals surface area contributed by atoms with E-state index in [0.29, 0.717) is 36.8 Å². The summed E-state index contributed by atoms with van der Waals surface area (Å²) in [7, 11) is 3.14. The molecule has 5 heteroatoms. The van der Waals surface area contributed by atoms with Gasteiger partial charge in [-0.25, -0.2) is 0 Å². The molecular formula is C19H21NO4. The normalized spacial score (nSPS) is 17.4. The van der Waals surface area contributed by atoms with Crippen LogP contribution in [0.15, 0.2) is 48.5 Å². The summed E-state index contributed by atoms with van der Waals surface area (Å²) in [5.41, 5.74) is 1.58. The number of ether oxygens (including phenoxy) is 3. The number of rotatable bonds is 4. The molecule has 24 heavy (non-hydrogen) atoms. The van der Waals surface area contributed by atoms with Gasteiger partial charge in [0.25, 0.3) is 5.91 Å². The zero-order valence-corrected chi connectivity index (χ0v) is 13.9. The van der Waals surface area contributed by atoms with E-state index in [9.17, 15) is 4.79 Å². The van der Waals surface area contributed by atoms with Gasteiger partial charge in [0.2, 0.25) is 0 Å². The molecule has 0 aromatic heterocycles. The Morgan fingerprint density at radius 1 is 1.12 bits per heavy atom. The van der Waals surface area contributed by atoms with Gasteiger partial charge >= 0.3 is 0 Å². The second kappa shape index (κ2) is 7.36. The Balaban J connectivity index is 1.82. The van der Waals surface area contributed by atoms with Crippen LogP contribution in [0.25, 0.3) is 0 Å². The average molecular weight is 327 g/mol. The van der Waals surface area contributed by atoms with Gasteiger partial charge in [0, 0.05) is 6.54 Å². The van der Waals surface area contributed by atoms with Gasteiger partial charge in [-0.15, -0.1) is 0 Å². The average Bonchev–Trinajstić information content (AvgIpc) is 2.67. The second-order valence-corrected chi connectivity index (χ2v) is 5.59. The fourth-order valence-electron chi connectivity index (χ4n) is 2.85. The van der Waals surface area contributed by atoms with Crippen LogP contribution in [0, 0.1) is 0 Å². The topological polar surface area (TPSA) is 48.0 Å². The number of nitrogens with zero attached hydrogens (tertiary/aromatic N) is 1. The summed E-state index contributed by atoms with van der Waals surface area (Å²) in [5, 5.41) is 0. The fourth-order valence-corrected chi connectivity index (χ4v) is 2.85. The SMILES string of the molecule is COc1ccc(OC)c(C(=O)N2CCOC(c3ccccc3)C2)c1. The summed E-state index contributed by atoms with van der Waals surface area (Å²) < 4.78 is 16.4. The predicted octanol–water partition coefficient (Wildman–Crippen LogP) is 2.92. The Labute approximate surface area is 141 Å². The van der Waals surface area contributed by atoms with Crippen molar-refractivity contribution in [1.82, 2.24) is 4.90 Å². The van der Waals surface area contributed by atoms with E-state index in [-0.39, 0.29) is 12.0 Å². The Hall–Kier alpha value is -2.53. The van der Waals surface area contributed by atoms with E-state index in [4.69, 9.17) is 14.2 Å². The van der Waals surface area contributed by atoms with Crippen LogP contribution in [-0.4, -0.2) is 44.7 Å². The van der Waals surface area contributed by atoms with Crippen molar-refractivity contribution >= 4 is 5.91 Å². The molecule has 2 aromatic rings. The van der Waals surface area contributed by atoms with Crippen LogP contribution >= 0.6 is 0 Å². The molecule has 0 bridgehead atoms. The lowest BCUT2D eigenvalue weighted by Gasteiger charge is -2.33. The molecule has 2 aromatic carbocycles. The molecule has 0 spiro atoms. The molecule has 1 unspecified atom stereocenters. The first kappa shape index (κ1) is 16.3. The number of benzene rings is 2. The molecule has 1 atom stereocenters. The molecule has 5 nitrogen and oxygen atoms in total. The summed E-state index contributed by atoms with van der Waals surface area (Å²) >= 11 is 0. The van der Waals surface area contributed by atoms with E-state index in [1.165, 1.54) is 0 Å². The molecule has 0 N–H and O–H groups in total. The van der Waals surface area contributed by atoms with Gasteiger partial charge in [0.15, 0.2) is 0 Å². The van der Waals surface area contributed by atoms with Crippen molar-refractivity contribution < 1.29 is 19.0 Å². The predicted molar refractivity (Wildman–Crippen MR) is 90.6 cm³/mol. The minimum Gasteiger partial charge on any atom is -0.497 e. The van der Waals surface area contributed by atoms with Crippen LogP contribution in [0.4, 0.5) is 0 Å². The fraction of sp³-hybridized carbons (Fsp3) is 0.316. The molecule has 1 amide bonds. The number of hydrogen-bond donors (Lipinski definition) is 0. The summed E-state index contributed by atoms with van der Waals surface area (Å²) in [6, 6.07) is 15.2. The highest BCUT2D eigenvalue weighted by Gasteiger charge is 2.27. The summed E-state index contributed by atoms with van der Waals surface area (Å²) in [6.07, 6.45) is -0.111. The highest BCUT2D eigenvalue weighted by atomic mass is 16.5. The Kier molecular flexibility index (Phi) is 5.01. The highest BCUT2D eigenvalue weighted by molar-refractivity contribution is 5.97. The van der Waals surface area contributed by atoms with E-state index in [1.807, 2.05) is 30.3 Å². The van der Waals surface area contributed by atoms with Gasteiger partial charge in [0.1, 0.15) is 17.6 Å². The first-order chi connectivity index (χ1) is 11.7. The molecule has 1 aliphatic heterocycles. The first-order valence-corrected chi connectivity index (χ1v) is 7.90. The third-order valence-corrected chi connectivity index (χ3v) is 4.16. The van der Waals surface area contributed by atoms with Gasteiger partial charge in [-0.2, -0.15) is 0 Å².